The second-order valence-corrected chi connectivity index (χ2v) is 7.19. The van der Waals surface area contributed by atoms with E-state index in [1.807, 2.05) is 48.5 Å². The van der Waals surface area contributed by atoms with Crippen molar-refractivity contribution in [2.45, 2.75) is 25.2 Å². The number of fused-ring (bicyclic) bond motifs is 1. The molecule has 2 aromatic carbocycles. The lowest BCUT2D eigenvalue weighted by Gasteiger charge is -2.31. The molecule has 5 rings (SSSR count). The number of aromatic nitrogens is 1. The van der Waals surface area contributed by atoms with E-state index in [4.69, 9.17) is 15.0 Å². The number of rotatable bonds is 2. The van der Waals surface area contributed by atoms with E-state index in [0.29, 0.717) is 35.5 Å². The van der Waals surface area contributed by atoms with Gasteiger partial charge in [-0.1, -0.05) is 41.6 Å². The quantitative estimate of drug-likeness (QED) is 0.707. The predicted octanol–water partition coefficient (Wildman–Crippen LogP) is 4.31. The Morgan fingerprint density at radius 2 is 1.97 bits per heavy atom. The van der Waals surface area contributed by atoms with E-state index in [1.165, 1.54) is 0 Å². The predicted molar refractivity (Wildman–Crippen MR) is 106 cm³/mol. The van der Waals surface area contributed by atoms with Crippen LogP contribution in [0.4, 0.5) is 0 Å². The lowest BCUT2D eigenvalue weighted by Crippen LogP contribution is -2.27. The number of ketones is 1. The van der Waals surface area contributed by atoms with Gasteiger partial charge in [-0.15, -0.1) is 0 Å². The number of benzene rings is 2. The third-order valence-corrected chi connectivity index (χ3v) is 5.47. The van der Waals surface area contributed by atoms with Gasteiger partial charge in [0.1, 0.15) is 22.9 Å². The summed E-state index contributed by atoms with van der Waals surface area (Å²) in [6, 6.07) is 17.5. The van der Waals surface area contributed by atoms with Gasteiger partial charge in [-0.05, 0) is 24.1 Å². The van der Waals surface area contributed by atoms with Crippen LogP contribution in [-0.2, 0) is 9.53 Å². The van der Waals surface area contributed by atoms with Crippen molar-refractivity contribution in [2.24, 2.45) is 5.73 Å². The van der Waals surface area contributed by atoms with E-state index >= 15 is 0 Å². The van der Waals surface area contributed by atoms with Crippen LogP contribution in [0.25, 0.3) is 22.2 Å². The molecule has 0 spiro atoms. The molecule has 3 aromatic rings. The molecule has 2 aliphatic rings. The highest BCUT2D eigenvalue weighted by atomic mass is 16.5. The Kier molecular flexibility index (Phi) is 3.95. The van der Waals surface area contributed by atoms with Crippen LogP contribution in [0, 0.1) is 11.3 Å². The fourth-order valence-electron chi connectivity index (χ4n) is 4.13. The smallest absolute Gasteiger partial charge is 0.205 e. The van der Waals surface area contributed by atoms with Gasteiger partial charge in [-0.2, -0.15) is 5.26 Å². The molecule has 6 heteroatoms. The second kappa shape index (κ2) is 6.64. The monoisotopic (exact) mass is 383 g/mol. The molecule has 0 fully saturated rings. The number of hydrogen-bond donors (Lipinski definition) is 1. The third-order valence-electron chi connectivity index (χ3n) is 5.47. The summed E-state index contributed by atoms with van der Waals surface area (Å²) in [6.45, 7) is 0. The number of carbonyl (C=O) groups excluding carboxylic acids is 1. The van der Waals surface area contributed by atoms with Crippen LogP contribution >= 0.6 is 0 Å². The third kappa shape index (κ3) is 2.71. The van der Waals surface area contributed by atoms with E-state index in [-0.39, 0.29) is 17.2 Å². The average molecular weight is 383 g/mol. The van der Waals surface area contributed by atoms with Gasteiger partial charge in [0.15, 0.2) is 11.5 Å². The van der Waals surface area contributed by atoms with E-state index < -0.39 is 5.92 Å². The van der Waals surface area contributed by atoms with Crippen molar-refractivity contribution in [1.29, 1.82) is 5.26 Å². The van der Waals surface area contributed by atoms with E-state index in [0.717, 1.165) is 22.9 Å². The number of nitrogens with zero attached hydrogens (tertiary/aromatic N) is 2. The van der Waals surface area contributed by atoms with Crippen LogP contribution in [-0.4, -0.2) is 10.9 Å². The summed E-state index contributed by atoms with van der Waals surface area (Å²) in [4.78, 5) is 12.7. The molecule has 1 aliphatic carbocycles. The van der Waals surface area contributed by atoms with Crippen LogP contribution in [0.5, 0.6) is 0 Å². The molecule has 0 amide bonds. The Bertz CT molecular complexity index is 1250. The summed E-state index contributed by atoms with van der Waals surface area (Å²) in [7, 11) is 0. The zero-order chi connectivity index (χ0) is 20.0. The molecule has 0 unspecified atom stereocenters. The maximum atomic E-state index is 12.7. The first kappa shape index (κ1) is 17.3. The van der Waals surface area contributed by atoms with Crippen LogP contribution in [0.2, 0.25) is 0 Å². The number of carbonyl (C=O) groups is 1. The highest BCUT2D eigenvalue weighted by molar-refractivity contribution is 6.00. The Labute approximate surface area is 166 Å². The highest BCUT2D eigenvalue weighted by Gasteiger charge is 2.38. The summed E-state index contributed by atoms with van der Waals surface area (Å²) in [5, 5.41) is 14.7. The molecule has 2 heterocycles. The lowest BCUT2D eigenvalue weighted by atomic mass is 9.77. The Hall–Kier alpha value is -3.85. The lowest BCUT2D eigenvalue weighted by molar-refractivity contribution is -0.116. The molecule has 0 bridgehead atoms. The molecule has 1 aliphatic heterocycles. The molecule has 29 heavy (non-hydrogen) atoms. The van der Waals surface area contributed by atoms with Crippen molar-refractivity contribution in [3.05, 3.63) is 76.9 Å². The Balaban J connectivity index is 1.71. The van der Waals surface area contributed by atoms with Crippen molar-refractivity contribution in [3.63, 3.8) is 0 Å². The maximum absolute atomic E-state index is 12.7. The van der Waals surface area contributed by atoms with Gasteiger partial charge in [0.05, 0.1) is 11.3 Å². The van der Waals surface area contributed by atoms with Gasteiger partial charge in [0.25, 0.3) is 0 Å². The second-order valence-electron chi connectivity index (χ2n) is 7.19. The first-order valence-electron chi connectivity index (χ1n) is 9.46. The van der Waals surface area contributed by atoms with Crippen LogP contribution in [0.15, 0.2) is 75.8 Å². The number of allylic oxidation sites excluding steroid dienone is 3. The van der Waals surface area contributed by atoms with Crippen molar-refractivity contribution in [3.8, 4) is 17.4 Å². The van der Waals surface area contributed by atoms with Crippen LogP contribution in [0.1, 0.15) is 30.7 Å². The molecule has 0 radical (unpaired) electrons. The van der Waals surface area contributed by atoms with Gasteiger partial charge >= 0.3 is 0 Å². The Morgan fingerprint density at radius 1 is 1.14 bits per heavy atom. The first-order chi connectivity index (χ1) is 14.2. The number of nitrogens with two attached hydrogens (primary N) is 1. The molecular formula is C23H17N3O3. The largest absolute Gasteiger partial charge is 0.444 e. The standard InChI is InChI=1S/C23H17N3O3/c24-12-16-20(21-18(27)7-4-8-19(21)28-23(16)25)14-9-10-17-15(11-14)22(29-26-17)13-5-2-1-3-6-13/h1-3,5-6,9-11,20H,4,7-8,25H2/t20-/m1/s1. The van der Waals surface area contributed by atoms with Crippen molar-refractivity contribution >= 4 is 16.7 Å². The summed E-state index contributed by atoms with van der Waals surface area (Å²) >= 11 is 0. The number of nitriles is 1. The zero-order valence-electron chi connectivity index (χ0n) is 15.5. The van der Waals surface area contributed by atoms with E-state index in [9.17, 15) is 10.1 Å². The fourth-order valence-corrected chi connectivity index (χ4v) is 4.13. The van der Waals surface area contributed by atoms with Gasteiger partial charge in [-0.3, -0.25) is 4.79 Å². The van der Waals surface area contributed by atoms with Crippen LogP contribution in [0.3, 0.4) is 0 Å². The topological polar surface area (TPSA) is 102 Å². The van der Waals surface area contributed by atoms with Gasteiger partial charge in [0.2, 0.25) is 5.88 Å². The average Bonchev–Trinajstić information content (AvgIpc) is 3.17. The van der Waals surface area contributed by atoms with Gasteiger partial charge < -0.3 is 15.0 Å². The number of Topliss-reactive ketones (excluding diaryl/α,β-unsaturated/α-hetero) is 1. The van der Waals surface area contributed by atoms with Crippen LogP contribution < -0.4 is 5.73 Å². The highest BCUT2D eigenvalue weighted by Crippen LogP contribution is 2.44. The van der Waals surface area contributed by atoms with E-state index in [1.54, 1.807) is 0 Å². The number of hydrogen-bond acceptors (Lipinski definition) is 6. The summed E-state index contributed by atoms with van der Waals surface area (Å²) in [5.41, 5.74) is 9.25. The molecule has 2 N–H and O–H groups in total. The zero-order valence-corrected chi connectivity index (χ0v) is 15.5. The van der Waals surface area contributed by atoms with Crippen molar-refractivity contribution in [2.75, 3.05) is 0 Å². The summed E-state index contributed by atoms with van der Waals surface area (Å²) in [6.07, 6.45) is 1.81. The van der Waals surface area contributed by atoms with Gasteiger partial charge in [0, 0.05) is 24.0 Å². The molecular weight excluding hydrogens is 366 g/mol. The molecule has 142 valence electrons. The minimum atomic E-state index is -0.542. The molecule has 1 atom stereocenters. The molecule has 1 aromatic heterocycles. The maximum Gasteiger partial charge on any atom is 0.205 e. The molecule has 6 nitrogen and oxygen atoms in total. The number of ether oxygens (including phenoxy) is 1. The van der Waals surface area contributed by atoms with Crippen molar-refractivity contribution in [1.82, 2.24) is 5.16 Å². The van der Waals surface area contributed by atoms with Gasteiger partial charge in [-0.25, -0.2) is 0 Å². The first-order valence-corrected chi connectivity index (χ1v) is 9.46. The Morgan fingerprint density at radius 3 is 2.76 bits per heavy atom. The minimum Gasteiger partial charge on any atom is -0.444 e. The van der Waals surface area contributed by atoms with Crippen molar-refractivity contribution < 1.29 is 14.1 Å². The molecule has 0 saturated heterocycles. The molecule has 0 saturated carbocycles. The minimum absolute atomic E-state index is 0.00481. The van der Waals surface area contributed by atoms with E-state index in [2.05, 4.69) is 11.2 Å². The fraction of sp³-hybridized carbons (Fsp3) is 0.174. The normalized spacial score (nSPS) is 19.1. The summed E-state index contributed by atoms with van der Waals surface area (Å²) < 4.78 is 11.2. The summed E-state index contributed by atoms with van der Waals surface area (Å²) in [5.74, 6) is 0.759. The SMILES string of the molecule is N#CC1=C(N)OC2=C(C(=O)CCC2)[C@@H]1c1ccc2noc(-c3ccccc3)c2c1.